The van der Waals surface area contributed by atoms with E-state index in [2.05, 4.69) is 12.6 Å². The van der Waals surface area contributed by atoms with Crippen molar-refractivity contribution in [1.82, 2.24) is 14.7 Å². The number of benzene rings is 3. The van der Waals surface area contributed by atoms with Crippen molar-refractivity contribution in [3.05, 3.63) is 119 Å². The van der Waals surface area contributed by atoms with E-state index in [1.54, 1.807) is 11.0 Å². The smallest absolute Gasteiger partial charge is 0.266 e. The van der Waals surface area contributed by atoms with Gasteiger partial charge in [0.05, 0.1) is 17.1 Å². The normalized spacial score (nSPS) is 14.4. The summed E-state index contributed by atoms with van der Waals surface area (Å²) in [5, 5.41) is 4.91. The Kier molecular flexibility index (Phi) is 7.58. The van der Waals surface area contributed by atoms with Crippen molar-refractivity contribution in [2.24, 2.45) is 0 Å². The molecule has 1 aromatic heterocycles. The van der Waals surface area contributed by atoms with Crippen molar-refractivity contribution >= 4 is 40.3 Å². The Bertz CT molecular complexity index is 1540. The lowest BCUT2D eigenvalue weighted by Crippen LogP contribution is -2.27. The van der Waals surface area contributed by atoms with Gasteiger partial charge in [-0.1, -0.05) is 84.7 Å². The molecule has 4 aromatic rings. The second-order valence-electron chi connectivity index (χ2n) is 9.05. The minimum absolute atomic E-state index is 0.0941. The van der Waals surface area contributed by atoms with E-state index in [1.165, 1.54) is 17.3 Å². The second kappa shape index (κ2) is 11.2. The molecule has 0 atom stereocenters. The molecule has 0 N–H and O–H groups in total. The fraction of sp³-hybridized carbons (Fsp3) is 0.129. The van der Waals surface area contributed by atoms with Crippen LogP contribution >= 0.6 is 24.0 Å². The summed E-state index contributed by atoms with van der Waals surface area (Å²) in [5.41, 5.74) is 6.69. The van der Waals surface area contributed by atoms with Gasteiger partial charge in [0, 0.05) is 17.3 Å². The number of aryl methyl sites for hydroxylation is 2. The van der Waals surface area contributed by atoms with Crippen molar-refractivity contribution in [1.29, 1.82) is 0 Å². The minimum atomic E-state index is -0.0941. The van der Waals surface area contributed by atoms with E-state index in [9.17, 15) is 4.79 Å². The molecule has 1 aliphatic heterocycles. The van der Waals surface area contributed by atoms with Gasteiger partial charge in [0.25, 0.3) is 5.91 Å². The summed E-state index contributed by atoms with van der Waals surface area (Å²) >= 11 is 6.92. The zero-order chi connectivity index (χ0) is 26.6. The first-order valence-electron chi connectivity index (χ1n) is 12.2. The number of rotatable bonds is 8. The van der Waals surface area contributed by atoms with Crippen molar-refractivity contribution in [3.8, 4) is 22.7 Å². The average molecular weight is 538 g/mol. The summed E-state index contributed by atoms with van der Waals surface area (Å²) in [4.78, 5) is 15.7. The molecule has 0 unspecified atom stereocenters. The van der Waals surface area contributed by atoms with Gasteiger partial charge in [0.1, 0.15) is 22.4 Å². The number of thioether (sulfide) groups is 1. The molecule has 1 amide bonds. The number of carbonyl (C=O) groups is 1. The first-order chi connectivity index (χ1) is 18.4. The molecule has 0 aliphatic carbocycles. The highest BCUT2D eigenvalue weighted by Crippen LogP contribution is 2.36. The van der Waals surface area contributed by atoms with Crippen LogP contribution < -0.4 is 4.74 Å². The minimum Gasteiger partial charge on any atom is -0.489 e. The molecule has 0 spiro atoms. The topological polar surface area (TPSA) is 47.4 Å². The number of carbonyl (C=O) groups excluding carboxylic acids is 1. The molecule has 5 nitrogen and oxygen atoms in total. The molecular formula is C31H27N3O2S2. The summed E-state index contributed by atoms with van der Waals surface area (Å²) in [6, 6.07) is 24.1. The molecular weight excluding hydrogens is 510 g/mol. The van der Waals surface area contributed by atoms with E-state index in [4.69, 9.17) is 22.1 Å². The lowest BCUT2D eigenvalue weighted by molar-refractivity contribution is -0.122. The van der Waals surface area contributed by atoms with Gasteiger partial charge in [0.15, 0.2) is 0 Å². The maximum atomic E-state index is 13.4. The summed E-state index contributed by atoms with van der Waals surface area (Å²) in [7, 11) is 0. The fourth-order valence-corrected chi connectivity index (χ4v) is 5.44. The van der Waals surface area contributed by atoms with Crippen molar-refractivity contribution in [2.45, 2.75) is 20.4 Å². The van der Waals surface area contributed by atoms with Gasteiger partial charge in [-0.2, -0.15) is 5.10 Å². The number of para-hydroxylation sites is 1. The predicted molar refractivity (Wildman–Crippen MR) is 159 cm³/mol. The standard InChI is InChI=1S/C31H27N3O2S2/c1-4-16-36-27-15-14-24(17-22(27)3)29-25(20-34(32-29)26-8-6-5-7-9-26)18-28-30(35)33(31(37)38-28)19-23-12-10-21(2)11-13-23/h4-15,17-18,20H,1,16,19H2,2-3H3/b28-18+. The second-order valence-corrected chi connectivity index (χ2v) is 10.7. The third-order valence-corrected chi connectivity index (χ3v) is 7.57. The maximum absolute atomic E-state index is 13.4. The summed E-state index contributed by atoms with van der Waals surface area (Å²) in [6.45, 7) is 8.66. The van der Waals surface area contributed by atoms with E-state index in [-0.39, 0.29) is 5.91 Å². The van der Waals surface area contributed by atoms with Crippen LogP contribution in [0.15, 0.2) is 96.6 Å². The van der Waals surface area contributed by atoms with Gasteiger partial charge >= 0.3 is 0 Å². The van der Waals surface area contributed by atoms with E-state index in [0.29, 0.717) is 22.4 Å². The van der Waals surface area contributed by atoms with Crippen LogP contribution in [0.4, 0.5) is 0 Å². The lowest BCUT2D eigenvalue weighted by atomic mass is 10.0. The monoisotopic (exact) mass is 537 g/mol. The Balaban J connectivity index is 1.51. The highest BCUT2D eigenvalue weighted by atomic mass is 32.2. The van der Waals surface area contributed by atoms with Crippen molar-refractivity contribution in [2.75, 3.05) is 6.61 Å². The van der Waals surface area contributed by atoms with Crippen LogP contribution in [0.25, 0.3) is 23.0 Å². The summed E-state index contributed by atoms with van der Waals surface area (Å²) < 4.78 is 8.15. The van der Waals surface area contributed by atoms with Crippen LogP contribution in [-0.4, -0.2) is 31.5 Å². The van der Waals surface area contributed by atoms with Gasteiger partial charge in [-0.25, -0.2) is 4.68 Å². The van der Waals surface area contributed by atoms with Crippen molar-refractivity contribution < 1.29 is 9.53 Å². The van der Waals surface area contributed by atoms with Crippen LogP contribution in [0.3, 0.4) is 0 Å². The number of hydrogen-bond acceptors (Lipinski definition) is 5. The molecule has 1 saturated heterocycles. The summed E-state index contributed by atoms with van der Waals surface area (Å²) in [6.07, 6.45) is 5.57. The zero-order valence-electron chi connectivity index (χ0n) is 21.3. The Morgan fingerprint density at radius 3 is 2.53 bits per heavy atom. The number of amides is 1. The highest BCUT2D eigenvalue weighted by Gasteiger charge is 2.32. The SMILES string of the molecule is C=CCOc1ccc(-c2nn(-c3ccccc3)cc2/C=C2/SC(=S)N(Cc3ccc(C)cc3)C2=O)cc1C. The molecule has 2 heterocycles. The van der Waals surface area contributed by atoms with Crippen LogP contribution in [-0.2, 0) is 11.3 Å². The van der Waals surface area contributed by atoms with E-state index in [0.717, 1.165) is 39.4 Å². The van der Waals surface area contributed by atoms with Gasteiger partial charge in [-0.3, -0.25) is 9.69 Å². The Hall–Kier alpha value is -3.94. The zero-order valence-corrected chi connectivity index (χ0v) is 22.9. The molecule has 190 valence electrons. The van der Waals surface area contributed by atoms with E-state index in [1.807, 2.05) is 97.5 Å². The Morgan fingerprint density at radius 2 is 1.82 bits per heavy atom. The third kappa shape index (κ3) is 5.49. The largest absolute Gasteiger partial charge is 0.489 e. The van der Waals surface area contributed by atoms with E-state index < -0.39 is 0 Å². The molecule has 7 heteroatoms. The average Bonchev–Trinajstić information content (AvgIpc) is 3.46. The van der Waals surface area contributed by atoms with Crippen molar-refractivity contribution in [3.63, 3.8) is 0 Å². The first-order valence-corrected chi connectivity index (χ1v) is 13.5. The van der Waals surface area contributed by atoms with Crippen LogP contribution in [0.1, 0.15) is 22.3 Å². The van der Waals surface area contributed by atoms with Gasteiger partial charge in [0.2, 0.25) is 0 Å². The fourth-order valence-electron chi connectivity index (χ4n) is 4.19. The lowest BCUT2D eigenvalue weighted by Gasteiger charge is -2.14. The third-order valence-electron chi connectivity index (χ3n) is 6.19. The Labute approximate surface area is 232 Å². The molecule has 1 fully saturated rings. The van der Waals surface area contributed by atoms with Crippen LogP contribution in [0.2, 0.25) is 0 Å². The molecule has 0 saturated carbocycles. The van der Waals surface area contributed by atoms with Gasteiger partial charge in [-0.15, -0.1) is 0 Å². The number of hydrogen-bond donors (Lipinski definition) is 0. The van der Waals surface area contributed by atoms with Crippen LogP contribution in [0.5, 0.6) is 5.75 Å². The molecule has 38 heavy (non-hydrogen) atoms. The van der Waals surface area contributed by atoms with Crippen LogP contribution in [0, 0.1) is 13.8 Å². The quantitative estimate of drug-likeness (QED) is 0.136. The number of aromatic nitrogens is 2. The predicted octanol–water partition coefficient (Wildman–Crippen LogP) is 7.12. The molecule has 5 rings (SSSR count). The van der Waals surface area contributed by atoms with E-state index >= 15 is 0 Å². The maximum Gasteiger partial charge on any atom is 0.266 e. The molecule has 1 aliphatic rings. The summed E-state index contributed by atoms with van der Waals surface area (Å²) in [5.74, 6) is 0.706. The molecule has 0 radical (unpaired) electrons. The number of nitrogens with zero attached hydrogens (tertiary/aromatic N) is 3. The van der Waals surface area contributed by atoms with Gasteiger partial charge < -0.3 is 4.74 Å². The molecule has 0 bridgehead atoms. The number of thiocarbonyl (C=S) groups is 1. The number of ether oxygens (including phenoxy) is 1. The highest BCUT2D eigenvalue weighted by molar-refractivity contribution is 8.26. The van der Waals surface area contributed by atoms with Gasteiger partial charge in [-0.05, 0) is 61.4 Å². The first kappa shape index (κ1) is 25.7. The Morgan fingerprint density at radius 1 is 1.05 bits per heavy atom. The molecule has 3 aromatic carbocycles.